The molecule has 1 fully saturated rings. The van der Waals surface area contributed by atoms with Gasteiger partial charge < -0.3 is 19.5 Å². The third kappa shape index (κ3) is 10.1. The first-order chi connectivity index (χ1) is 16.4. The number of likely N-dealkylation sites (tertiary alicyclic amines) is 1. The fourth-order valence-corrected chi connectivity index (χ4v) is 4.03. The summed E-state index contributed by atoms with van der Waals surface area (Å²) in [6, 6.07) is 14.4. The van der Waals surface area contributed by atoms with Crippen LogP contribution in [-0.2, 0) is 11.2 Å². The first-order valence-electron chi connectivity index (χ1n) is 10.9. The summed E-state index contributed by atoms with van der Waals surface area (Å²) in [5.41, 5.74) is 1.69. The molecule has 186 valence electrons. The van der Waals surface area contributed by atoms with Crippen LogP contribution in [0.3, 0.4) is 0 Å². The second kappa shape index (κ2) is 15.4. The molecule has 0 aliphatic carbocycles. The molecule has 0 radical (unpaired) electrons. The van der Waals surface area contributed by atoms with E-state index in [0.29, 0.717) is 5.56 Å². The van der Waals surface area contributed by atoms with E-state index in [4.69, 9.17) is 9.84 Å². The number of hydrogen-bond acceptors (Lipinski definition) is 7. The first kappa shape index (κ1) is 27.7. The smallest absolute Gasteiger partial charge is 0.272 e. The van der Waals surface area contributed by atoms with Gasteiger partial charge in [0.2, 0.25) is 5.90 Å². The minimum Gasteiger partial charge on any atom is -0.470 e. The lowest BCUT2D eigenvalue weighted by Crippen LogP contribution is -2.31. The summed E-state index contributed by atoms with van der Waals surface area (Å²) in [4.78, 5) is 2.40. The van der Waals surface area contributed by atoms with Crippen LogP contribution >= 0.6 is 11.9 Å². The highest BCUT2D eigenvalue weighted by molar-refractivity contribution is 8.01. The molecule has 0 amide bonds. The van der Waals surface area contributed by atoms with E-state index in [1.54, 1.807) is 0 Å². The van der Waals surface area contributed by atoms with Crippen LogP contribution in [0, 0.1) is 5.82 Å². The third-order valence-corrected chi connectivity index (χ3v) is 6.13. The highest BCUT2D eigenvalue weighted by Gasteiger charge is 2.17. The largest absolute Gasteiger partial charge is 0.470 e. The van der Waals surface area contributed by atoms with Crippen molar-refractivity contribution in [2.45, 2.75) is 30.9 Å². The van der Waals surface area contributed by atoms with Gasteiger partial charge in [-0.25, -0.2) is 13.2 Å². The number of aliphatic hydroxyl groups is 1. The van der Waals surface area contributed by atoms with E-state index in [2.05, 4.69) is 57.9 Å². The van der Waals surface area contributed by atoms with Crippen LogP contribution in [0.5, 0.6) is 0 Å². The Morgan fingerprint density at radius 2 is 1.94 bits per heavy atom. The Labute approximate surface area is 203 Å². The molecular formula is C24H31F3N4O2S. The molecule has 2 aromatic rings. The number of para-hydroxylation sites is 1. The number of hydrogen-bond donors (Lipinski definition) is 2. The molecule has 6 nitrogen and oxygen atoms in total. The van der Waals surface area contributed by atoms with Crippen molar-refractivity contribution >= 4 is 30.3 Å². The number of halogens is 3. The predicted octanol–water partition coefficient (Wildman–Crippen LogP) is 4.85. The van der Waals surface area contributed by atoms with Crippen molar-refractivity contribution < 1.29 is 23.0 Å². The van der Waals surface area contributed by atoms with Gasteiger partial charge in [0.1, 0.15) is 5.82 Å². The Hall–Kier alpha value is -2.56. The summed E-state index contributed by atoms with van der Waals surface area (Å²) in [7, 11) is 2.20. The maximum absolute atomic E-state index is 13.6. The van der Waals surface area contributed by atoms with Crippen molar-refractivity contribution in [3.63, 3.8) is 0 Å². The highest BCUT2D eigenvalue weighted by Crippen LogP contribution is 2.24. The van der Waals surface area contributed by atoms with Gasteiger partial charge in [-0.1, -0.05) is 24.3 Å². The highest BCUT2D eigenvalue weighted by atomic mass is 32.2. The molecule has 0 aromatic heterocycles. The van der Waals surface area contributed by atoms with Crippen LogP contribution < -0.4 is 4.72 Å². The van der Waals surface area contributed by atoms with E-state index in [0.717, 1.165) is 11.3 Å². The maximum Gasteiger partial charge on any atom is 0.272 e. The van der Waals surface area contributed by atoms with E-state index in [-0.39, 0.29) is 24.5 Å². The van der Waals surface area contributed by atoms with Gasteiger partial charge in [0.15, 0.2) is 6.61 Å². The fraction of sp³-hybridized carbons (Fsp3) is 0.417. The van der Waals surface area contributed by atoms with Crippen molar-refractivity contribution in [2.24, 2.45) is 10.2 Å². The van der Waals surface area contributed by atoms with E-state index in [1.807, 2.05) is 18.0 Å². The topological polar surface area (TPSA) is 69.5 Å². The quantitative estimate of drug-likeness (QED) is 0.225. The first-order valence-corrected chi connectivity index (χ1v) is 11.8. The Morgan fingerprint density at radius 1 is 1.24 bits per heavy atom. The molecule has 34 heavy (non-hydrogen) atoms. The number of nitrogens with zero attached hydrogens (tertiary/aromatic N) is 3. The third-order valence-electron chi connectivity index (χ3n) is 4.97. The van der Waals surface area contributed by atoms with Gasteiger partial charge in [-0.3, -0.25) is 0 Å². The van der Waals surface area contributed by atoms with Crippen molar-refractivity contribution in [3.8, 4) is 0 Å². The van der Waals surface area contributed by atoms with Crippen LogP contribution in [0.15, 0.2) is 58.7 Å². The van der Waals surface area contributed by atoms with E-state index in [9.17, 15) is 13.2 Å². The van der Waals surface area contributed by atoms with Gasteiger partial charge in [0.05, 0.1) is 0 Å². The minimum absolute atomic E-state index is 0.163. The molecule has 2 aromatic carbocycles. The van der Waals surface area contributed by atoms with Crippen molar-refractivity contribution in [1.82, 2.24) is 4.90 Å². The molecule has 3 rings (SSSR count). The normalized spacial score (nSPS) is 14.9. The average Bonchev–Trinajstić information content (AvgIpc) is 2.84. The zero-order valence-electron chi connectivity index (χ0n) is 19.2. The lowest BCUT2D eigenvalue weighted by Gasteiger charge is -2.28. The van der Waals surface area contributed by atoms with Gasteiger partial charge in [-0.05, 0) is 81.2 Å². The number of alkyl halides is 2. The number of nitrogens with one attached hydrogen (secondary N) is 1. The molecule has 2 N–H and O–H groups in total. The number of rotatable bonds is 9. The predicted molar refractivity (Wildman–Crippen MR) is 133 cm³/mol. The molecule has 0 saturated carbocycles. The van der Waals surface area contributed by atoms with Crippen LogP contribution in [0.4, 0.5) is 18.9 Å². The van der Waals surface area contributed by atoms with Gasteiger partial charge >= 0.3 is 0 Å². The van der Waals surface area contributed by atoms with E-state index < -0.39 is 18.8 Å². The van der Waals surface area contributed by atoms with Crippen molar-refractivity contribution in [2.75, 3.05) is 38.1 Å². The minimum atomic E-state index is -2.67. The SMILES string of the molecule is C=N/N=C(\OCC(F)F)c1ccc(CCO)c(F)c1.CN1CCC(SNc2ccccc2)CC1. The van der Waals surface area contributed by atoms with Crippen LogP contribution in [0.25, 0.3) is 0 Å². The fourth-order valence-electron chi connectivity index (χ4n) is 3.14. The molecule has 0 atom stereocenters. The molecule has 0 unspecified atom stereocenters. The van der Waals surface area contributed by atoms with Crippen LogP contribution in [0.2, 0.25) is 0 Å². The van der Waals surface area contributed by atoms with E-state index in [1.165, 1.54) is 43.8 Å². The Balaban J connectivity index is 0.000000246. The average molecular weight is 497 g/mol. The van der Waals surface area contributed by atoms with E-state index >= 15 is 0 Å². The Bertz CT molecular complexity index is 895. The molecular weight excluding hydrogens is 465 g/mol. The van der Waals surface area contributed by atoms with Crippen LogP contribution in [0.1, 0.15) is 24.0 Å². The number of piperidine rings is 1. The zero-order valence-corrected chi connectivity index (χ0v) is 20.0. The molecule has 0 spiro atoms. The lowest BCUT2D eigenvalue weighted by atomic mass is 10.1. The molecule has 10 heteroatoms. The molecule has 1 heterocycles. The monoisotopic (exact) mass is 496 g/mol. The van der Waals surface area contributed by atoms with Gasteiger partial charge in [-0.2, -0.15) is 5.10 Å². The number of benzene rings is 2. The summed E-state index contributed by atoms with van der Waals surface area (Å²) in [5, 5.41) is 16.1. The van der Waals surface area contributed by atoms with Gasteiger partial charge in [0.25, 0.3) is 6.43 Å². The number of ether oxygens (including phenoxy) is 1. The van der Waals surface area contributed by atoms with Gasteiger partial charge in [-0.15, -0.1) is 5.10 Å². The molecule has 1 saturated heterocycles. The summed E-state index contributed by atoms with van der Waals surface area (Å²) in [6.45, 7) is 4.50. The summed E-state index contributed by atoms with van der Waals surface area (Å²) < 4.78 is 45.9. The molecule has 1 aliphatic rings. The number of anilines is 1. The second-order valence-electron chi connectivity index (χ2n) is 7.62. The summed E-state index contributed by atoms with van der Waals surface area (Å²) in [5.74, 6) is -0.811. The molecule has 1 aliphatic heterocycles. The Morgan fingerprint density at radius 3 is 2.53 bits per heavy atom. The number of aliphatic hydroxyl groups excluding tert-OH is 1. The second-order valence-corrected chi connectivity index (χ2v) is 8.72. The zero-order chi connectivity index (χ0) is 24.8. The Kier molecular flexibility index (Phi) is 12.5. The standard InChI is InChI=1S/C12H13F3N2O2.C12H18N2S/c1-16-17-12(19-7-11(14)15)9-3-2-8(4-5-18)10(13)6-9;1-14-9-7-12(8-10-14)15-13-11-5-3-2-4-6-11/h2-3,6,11,18H,1,4-5,7H2;2-6,12-13H,7-10H2,1H3/b17-12-;. The summed E-state index contributed by atoms with van der Waals surface area (Å²) >= 11 is 1.88. The van der Waals surface area contributed by atoms with Crippen LogP contribution in [-0.4, -0.2) is 67.6 Å². The lowest BCUT2D eigenvalue weighted by molar-refractivity contribution is 0.0765. The van der Waals surface area contributed by atoms with Crippen molar-refractivity contribution in [1.29, 1.82) is 0 Å². The maximum atomic E-state index is 13.6. The summed E-state index contributed by atoms with van der Waals surface area (Å²) in [6.07, 6.45) is 0.0755. The van der Waals surface area contributed by atoms with Gasteiger partial charge in [0, 0.05) is 29.8 Å². The molecule has 0 bridgehead atoms. The van der Waals surface area contributed by atoms with Crippen molar-refractivity contribution in [3.05, 3.63) is 65.5 Å².